The van der Waals surface area contributed by atoms with E-state index in [1.807, 2.05) is 6.92 Å². The third-order valence-corrected chi connectivity index (χ3v) is 3.36. The van der Waals surface area contributed by atoms with E-state index in [9.17, 15) is 14.4 Å². The summed E-state index contributed by atoms with van der Waals surface area (Å²) in [6.07, 6.45) is 3.85. The second-order valence-electron chi connectivity index (χ2n) is 5.31. The predicted molar refractivity (Wildman–Crippen MR) is 73.2 cm³/mol. The number of ether oxygens (including phenoxy) is 1. The van der Waals surface area contributed by atoms with Gasteiger partial charge >= 0.3 is 11.9 Å². The number of rotatable bonds is 8. The number of carbonyl (C=O) groups is 3. The van der Waals surface area contributed by atoms with Crippen molar-refractivity contribution in [1.82, 2.24) is 0 Å². The third kappa shape index (κ3) is 5.15. The smallest absolute Gasteiger partial charge is 0.341 e. The number of Topliss-reactive ketones (excluding diaryl/α,β-unsaturated/α-hetero) is 1. The molecule has 0 aliphatic carbocycles. The zero-order valence-electron chi connectivity index (χ0n) is 12.1. The first-order chi connectivity index (χ1) is 9.41. The van der Waals surface area contributed by atoms with Gasteiger partial charge in [0, 0.05) is 19.3 Å². The van der Waals surface area contributed by atoms with Crippen molar-refractivity contribution >= 4 is 17.7 Å². The van der Waals surface area contributed by atoms with Crippen molar-refractivity contribution < 1.29 is 24.2 Å². The number of aliphatic carboxylic acids is 1. The second kappa shape index (κ2) is 7.82. The molecule has 5 heteroatoms. The standard InChI is InChI=1S/C15H22O5/c1-10-9-11(2)20-15(19)14(10)12(16)7-5-3-4-6-8-13(17)18/h11H,3-9H2,1-2H3,(H,17,18)/t11-/m0/s1. The lowest BCUT2D eigenvalue weighted by atomic mass is 9.95. The molecule has 0 bridgehead atoms. The average molecular weight is 282 g/mol. The van der Waals surface area contributed by atoms with Crippen LogP contribution in [0.15, 0.2) is 11.1 Å². The summed E-state index contributed by atoms with van der Waals surface area (Å²) in [4.78, 5) is 34.0. The molecule has 0 fully saturated rings. The van der Waals surface area contributed by atoms with Crippen molar-refractivity contribution in [2.75, 3.05) is 0 Å². The molecule has 0 aromatic heterocycles. The Morgan fingerprint density at radius 2 is 1.80 bits per heavy atom. The van der Waals surface area contributed by atoms with Gasteiger partial charge in [-0.1, -0.05) is 18.4 Å². The molecule has 1 aliphatic rings. The molecule has 0 spiro atoms. The minimum atomic E-state index is -0.791. The Balaban J connectivity index is 2.34. The average Bonchev–Trinajstić information content (AvgIpc) is 2.31. The number of hydrogen-bond acceptors (Lipinski definition) is 4. The van der Waals surface area contributed by atoms with Crippen LogP contribution in [0.5, 0.6) is 0 Å². The summed E-state index contributed by atoms with van der Waals surface area (Å²) < 4.78 is 5.08. The molecule has 1 atom stereocenters. The Hall–Kier alpha value is -1.65. The Morgan fingerprint density at radius 3 is 2.35 bits per heavy atom. The SMILES string of the molecule is CC1=C(C(=O)CCCCCCC(=O)O)C(=O)O[C@@H](C)C1. The van der Waals surface area contributed by atoms with Crippen LogP contribution < -0.4 is 0 Å². The fraction of sp³-hybridized carbons (Fsp3) is 0.667. The van der Waals surface area contributed by atoms with E-state index in [0.29, 0.717) is 25.7 Å². The predicted octanol–water partition coefficient (Wildman–Crippen LogP) is 2.63. The number of ketones is 1. The molecular weight excluding hydrogens is 260 g/mol. The lowest BCUT2D eigenvalue weighted by Gasteiger charge is -2.22. The fourth-order valence-corrected chi connectivity index (χ4v) is 2.38. The number of carbonyl (C=O) groups excluding carboxylic acids is 2. The largest absolute Gasteiger partial charge is 0.481 e. The second-order valence-corrected chi connectivity index (χ2v) is 5.31. The van der Waals surface area contributed by atoms with Crippen molar-refractivity contribution in [3.63, 3.8) is 0 Å². The highest BCUT2D eigenvalue weighted by molar-refractivity contribution is 6.18. The molecule has 112 valence electrons. The number of unbranched alkanes of at least 4 members (excludes halogenated alkanes) is 3. The van der Waals surface area contributed by atoms with Crippen LogP contribution in [0.1, 0.15) is 58.8 Å². The maximum atomic E-state index is 12.0. The van der Waals surface area contributed by atoms with Crippen LogP contribution in [-0.2, 0) is 19.1 Å². The molecule has 1 heterocycles. The van der Waals surface area contributed by atoms with Gasteiger partial charge in [0.05, 0.1) is 0 Å². The van der Waals surface area contributed by atoms with E-state index in [4.69, 9.17) is 9.84 Å². The quantitative estimate of drug-likeness (QED) is 0.420. The van der Waals surface area contributed by atoms with Crippen LogP contribution >= 0.6 is 0 Å². The van der Waals surface area contributed by atoms with Crippen molar-refractivity contribution in [2.24, 2.45) is 0 Å². The third-order valence-electron chi connectivity index (χ3n) is 3.36. The van der Waals surface area contributed by atoms with Crippen LogP contribution in [0.3, 0.4) is 0 Å². The van der Waals surface area contributed by atoms with Gasteiger partial charge in [0.2, 0.25) is 0 Å². The highest BCUT2D eigenvalue weighted by Gasteiger charge is 2.28. The Bertz CT molecular complexity index is 422. The first-order valence-corrected chi connectivity index (χ1v) is 7.07. The summed E-state index contributed by atoms with van der Waals surface area (Å²) >= 11 is 0. The molecule has 20 heavy (non-hydrogen) atoms. The van der Waals surface area contributed by atoms with Gasteiger partial charge in [-0.25, -0.2) is 4.79 Å². The molecule has 5 nitrogen and oxygen atoms in total. The van der Waals surface area contributed by atoms with E-state index >= 15 is 0 Å². The van der Waals surface area contributed by atoms with Gasteiger partial charge in [0.25, 0.3) is 0 Å². The molecule has 0 aromatic rings. The number of carboxylic acids is 1. The normalized spacial score (nSPS) is 18.9. The topological polar surface area (TPSA) is 80.7 Å². The van der Waals surface area contributed by atoms with E-state index in [1.165, 1.54) is 0 Å². The molecule has 1 rings (SSSR count). The lowest BCUT2D eigenvalue weighted by molar-refractivity contribution is -0.146. The van der Waals surface area contributed by atoms with Crippen LogP contribution in [-0.4, -0.2) is 28.9 Å². The Morgan fingerprint density at radius 1 is 1.20 bits per heavy atom. The molecule has 0 amide bonds. The molecule has 0 unspecified atom stereocenters. The lowest BCUT2D eigenvalue weighted by Crippen LogP contribution is -2.27. The van der Waals surface area contributed by atoms with Crippen LogP contribution in [0, 0.1) is 0 Å². The zero-order valence-corrected chi connectivity index (χ0v) is 12.1. The van der Waals surface area contributed by atoms with Gasteiger partial charge in [-0.15, -0.1) is 0 Å². The highest BCUT2D eigenvalue weighted by Crippen LogP contribution is 2.23. The molecule has 1 aliphatic heterocycles. The highest BCUT2D eigenvalue weighted by atomic mass is 16.5. The maximum Gasteiger partial charge on any atom is 0.341 e. The minimum absolute atomic E-state index is 0.155. The summed E-state index contributed by atoms with van der Waals surface area (Å²) in [5, 5.41) is 8.50. The van der Waals surface area contributed by atoms with Crippen molar-refractivity contribution in [2.45, 2.75) is 64.9 Å². The maximum absolute atomic E-state index is 12.0. The van der Waals surface area contributed by atoms with E-state index in [1.54, 1.807) is 6.92 Å². The number of carboxylic acid groups (broad SMARTS) is 1. The fourth-order valence-electron chi connectivity index (χ4n) is 2.38. The van der Waals surface area contributed by atoms with Gasteiger partial charge in [-0.2, -0.15) is 0 Å². The molecule has 0 saturated carbocycles. The van der Waals surface area contributed by atoms with Crippen LogP contribution in [0.2, 0.25) is 0 Å². The van der Waals surface area contributed by atoms with Crippen LogP contribution in [0.25, 0.3) is 0 Å². The van der Waals surface area contributed by atoms with E-state index in [-0.39, 0.29) is 23.9 Å². The molecule has 1 N–H and O–H groups in total. The van der Waals surface area contributed by atoms with Gasteiger partial charge in [0.15, 0.2) is 5.78 Å². The van der Waals surface area contributed by atoms with Gasteiger partial charge in [-0.3, -0.25) is 9.59 Å². The molecule has 0 radical (unpaired) electrons. The monoisotopic (exact) mass is 282 g/mol. The Kier molecular flexibility index (Phi) is 6.42. The van der Waals surface area contributed by atoms with E-state index in [0.717, 1.165) is 18.4 Å². The van der Waals surface area contributed by atoms with E-state index < -0.39 is 11.9 Å². The summed E-state index contributed by atoms with van der Waals surface area (Å²) in [5.74, 6) is -1.45. The summed E-state index contributed by atoms with van der Waals surface area (Å²) in [6, 6.07) is 0. The van der Waals surface area contributed by atoms with Crippen molar-refractivity contribution in [1.29, 1.82) is 0 Å². The van der Waals surface area contributed by atoms with Crippen LogP contribution in [0.4, 0.5) is 0 Å². The number of hydrogen-bond donors (Lipinski definition) is 1. The molecule has 0 saturated heterocycles. The zero-order chi connectivity index (χ0) is 15.1. The summed E-state index contributed by atoms with van der Waals surface area (Å²) in [7, 11) is 0. The Labute approximate surface area is 119 Å². The van der Waals surface area contributed by atoms with Crippen molar-refractivity contribution in [3.8, 4) is 0 Å². The number of cyclic esters (lactones) is 1. The number of esters is 1. The van der Waals surface area contributed by atoms with E-state index in [2.05, 4.69) is 0 Å². The summed E-state index contributed by atoms with van der Waals surface area (Å²) in [5.41, 5.74) is 1.03. The minimum Gasteiger partial charge on any atom is -0.481 e. The summed E-state index contributed by atoms with van der Waals surface area (Å²) in [6.45, 7) is 3.61. The first-order valence-electron chi connectivity index (χ1n) is 7.07. The van der Waals surface area contributed by atoms with Crippen molar-refractivity contribution in [3.05, 3.63) is 11.1 Å². The molecular formula is C15H22O5. The van der Waals surface area contributed by atoms with Gasteiger partial charge in [-0.05, 0) is 26.7 Å². The first kappa shape index (κ1) is 16.4. The van der Waals surface area contributed by atoms with Gasteiger partial charge in [0.1, 0.15) is 11.7 Å². The van der Waals surface area contributed by atoms with Gasteiger partial charge < -0.3 is 9.84 Å². The molecule has 0 aromatic carbocycles.